The normalized spacial score (nSPS) is 19.2. The molecule has 3 nitrogen and oxygen atoms in total. The highest BCUT2D eigenvalue weighted by Crippen LogP contribution is 2.31. The van der Waals surface area contributed by atoms with Gasteiger partial charge in [-0.15, -0.1) is 0 Å². The van der Waals surface area contributed by atoms with E-state index >= 15 is 0 Å². The van der Waals surface area contributed by atoms with Crippen molar-refractivity contribution in [2.45, 2.75) is 53.8 Å². The Morgan fingerprint density at radius 3 is 2.33 bits per heavy atom. The molecule has 3 heteroatoms. The molecule has 1 aliphatic rings. The lowest BCUT2D eigenvalue weighted by molar-refractivity contribution is 0.263. The number of hydrogen-bond donors (Lipinski definition) is 0. The predicted octanol–water partition coefficient (Wildman–Crippen LogP) is 3.35. The van der Waals surface area contributed by atoms with Crippen LogP contribution >= 0.6 is 0 Å². The van der Waals surface area contributed by atoms with Crippen molar-refractivity contribution in [3.63, 3.8) is 0 Å². The molecule has 1 aromatic rings. The fraction of sp³-hybridized carbons (Fsp3) is 0.533. The van der Waals surface area contributed by atoms with Gasteiger partial charge in [-0.2, -0.15) is 0 Å². The molecule has 0 bridgehead atoms. The van der Waals surface area contributed by atoms with Gasteiger partial charge >= 0.3 is 0 Å². The summed E-state index contributed by atoms with van der Waals surface area (Å²) in [5.74, 6) is 0. The average Bonchev–Trinajstić information content (AvgIpc) is 2.59. The molecule has 1 atom stereocenters. The van der Waals surface area contributed by atoms with Gasteiger partial charge in [0.15, 0.2) is 0 Å². The van der Waals surface area contributed by atoms with Crippen molar-refractivity contribution < 1.29 is 0 Å². The van der Waals surface area contributed by atoms with Gasteiger partial charge in [0.2, 0.25) is 0 Å². The van der Waals surface area contributed by atoms with Crippen LogP contribution in [0.3, 0.4) is 0 Å². The number of hydrogen-bond acceptors (Lipinski definition) is 3. The van der Waals surface area contributed by atoms with Crippen molar-refractivity contribution in [2.75, 3.05) is 4.90 Å². The van der Waals surface area contributed by atoms with Crippen LogP contribution in [0.25, 0.3) is 0 Å². The summed E-state index contributed by atoms with van der Waals surface area (Å²) >= 11 is 0. The van der Waals surface area contributed by atoms with Gasteiger partial charge in [-0.25, -0.2) is 0 Å². The first-order valence-corrected chi connectivity index (χ1v) is 6.60. The smallest absolute Gasteiger partial charge is 0.103 e. The second-order valence-electron chi connectivity index (χ2n) is 5.39. The summed E-state index contributed by atoms with van der Waals surface area (Å²) in [6, 6.07) is 2.67. The highest BCUT2D eigenvalue weighted by molar-refractivity contribution is 5.60. The Morgan fingerprint density at radius 2 is 1.83 bits per heavy atom. The number of pyridine rings is 1. The summed E-state index contributed by atoms with van der Waals surface area (Å²) < 4.78 is 0. The zero-order valence-electron chi connectivity index (χ0n) is 12.2. The third-order valence-corrected chi connectivity index (χ3v) is 3.57. The van der Waals surface area contributed by atoms with Crippen LogP contribution < -0.4 is 4.90 Å². The van der Waals surface area contributed by atoms with Crippen molar-refractivity contribution in [1.29, 1.82) is 0 Å². The zero-order valence-corrected chi connectivity index (χ0v) is 12.2. The minimum absolute atomic E-state index is 0.354. The van der Waals surface area contributed by atoms with Crippen LogP contribution in [0.5, 0.6) is 0 Å². The summed E-state index contributed by atoms with van der Waals surface area (Å²) in [5.41, 5.74) is 4.73. The summed E-state index contributed by atoms with van der Waals surface area (Å²) in [7, 11) is 0. The Kier molecular flexibility index (Phi) is 3.33. The molecule has 0 saturated heterocycles. The lowest BCUT2D eigenvalue weighted by atomic mass is 10.1. The number of anilines is 1. The molecule has 0 aliphatic carbocycles. The Balaban J connectivity index is 2.38. The Bertz CT molecular complexity index is 454. The van der Waals surface area contributed by atoms with Crippen LogP contribution in [0.2, 0.25) is 0 Å². The first kappa shape index (κ1) is 12.9. The van der Waals surface area contributed by atoms with Gasteiger partial charge in [-0.05, 0) is 53.2 Å². The van der Waals surface area contributed by atoms with E-state index in [0.717, 1.165) is 11.4 Å². The highest BCUT2D eigenvalue weighted by Gasteiger charge is 2.27. The van der Waals surface area contributed by atoms with Crippen LogP contribution in [0.15, 0.2) is 18.5 Å². The molecule has 2 rings (SSSR count). The first-order valence-electron chi connectivity index (χ1n) is 6.60. The monoisotopic (exact) mass is 245 g/mol. The van der Waals surface area contributed by atoms with E-state index in [0.29, 0.717) is 12.2 Å². The van der Waals surface area contributed by atoms with E-state index in [1.54, 1.807) is 0 Å². The van der Waals surface area contributed by atoms with Gasteiger partial charge in [-0.1, -0.05) is 0 Å². The molecule has 0 amide bonds. The van der Waals surface area contributed by atoms with Gasteiger partial charge in [0.05, 0.1) is 11.4 Å². The molecule has 0 fully saturated rings. The van der Waals surface area contributed by atoms with Crippen molar-refractivity contribution in [1.82, 2.24) is 9.88 Å². The third kappa shape index (κ3) is 2.09. The molecule has 2 heterocycles. The summed E-state index contributed by atoms with van der Waals surface area (Å²) in [4.78, 5) is 9.27. The van der Waals surface area contributed by atoms with Gasteiger partial charge < -0.3 is 9.80 Å². The number of rotatable bonds is 2. The van der Waals surface area contributed by atoms with Crippen molar-refractivity contribution in [3.8, 4) is 0 Å². The molecular formula is C15H23N3. The Labute approximate surface area is 110 Å². The molecule has 1 aliphatic heterocycles. The van der Waals surface area contributed by atoms with E-state index in [1.165, 1.54) is 11.3 Å². The topological polar surface area (TPSA) is 19.4 Å². The van der Waals surface area contributed by atoms with E-state index in [4.69, 9.17) is 0 Å². The Morgan fingerprint density at radius 1 is 1.17 bits per heavy atom. The lowest BCUT2D eigenvalue weighted by Crippen LogP contribution is -2.40. The predicted molar refractivity (Wildman–Crippen MR) is 76.5 cm³/mol. The van der Waals surface area contributed by atoms with Crippen molar-refractivity contribution in [2.24, 2.45) is 0 Å². The van der Waals surface area contributed by atoms with Gasteiger partial charge in [0.1, 0.15) is 6.17 Å². The second kappa shape index (κ2) is 4.63. The molecule has 0 unspecified atom stereocenters. The molecule has 0 saturated carbocycles. The molecule has 0 N–H and O–H groups in total. The number of aromatic nitrogens is 1. The van der Waals surface area contributed by atoms with E-state index in [1.807, 2.05) is 6.92 Å². The lowest BCUT2D eigenvalue weighted by Gasteiger charge is -2.33. The Hall–Kier alpha value is -1.51. The molecule has 18 heavy (non-hydrogen) atoms. The number of nitrogens with zero attached hydrogens (tertiary/aromatic N) is 3. The fourth-order valence-corrected chi connectivity index (χ4v) is 2.81. The van der Waals surface area contributed by atoms with Crippen LogP contribution in [-0.2, 0) is 0 Å². The molecule has 98 valence electrons. The minimum Gasteiger partial charge on any atom is -0.353 e. The summed E-state index contributed by atoms with van der Waals surface area (Å²) in [6.07, 6.45) is 4.69. The highest BCUT2D eigenvalue weighted by atomic mass is 15.4. The maximum absolute atomic E-state index is 4.59. The largest absolute Gasteiger partial charge is 0.353 e. The maximum Gasteiger partial charge on any atom is 0.103 e. The molecule has 0 radical (unpaired) electrons. The zero-order chi connectivity index (χ0) is 13.4. The minimum atomic E-state index is 0.354. The molecule has 0 spiro atoms. The third-order valence-electron chi connectivity index (χ3n) is 3.57. The average molecular weight is 245 g/mol. The molecule has 0 aromatic carbocycles. The van der Waals surface area contributed by atoms with Crippen LogP contribution in [-0.4, -0.2) is 22.1 Å². The van der Waals surface area contributed by atoms with Crippen LogP contribution in [0.4, 0.5) is 5.69 Å². The van der Waals surface area contributed by atoms with Gasteiger partial charge in [0, 0.05) is 24.1 Å². The van der Waals surface area contributed by atoms with Crippen molar-refractivity contribution >= 4 is 5.69 Å². The second-order valence-corrected chi connectivity index (χ2v) is 5.39. The van der Waals surface area contributed by atoms with Gasteiger partial charge in [-0.3, -0.25) is 4.98 Å². The van der Waals surface area contributed by atoms with Crippen LogP contribution in [0, 0.1) is 20.8 Å². The SMILES string of the molecule is Cc1cc(C)c(N2C=CN(C(C)C)[C@H]2C)c(C)n1. The summed E-state index contributed by atoms with van der Waals surface area (Å²) in [5, 5.41) is 0. The standard InChI is InChI=1S/C15H23N3/c1-10(2)17-7-8-18(14(17)6)15-11(3)9-12(4)16-13(15)5/h7-10,14H,1-6H3/t14-/m1/s1. The molecular weight excluding hydrogens is 222 g/mol. The van der Waals surface area contributed by atoms with E-state index in [9.17, 15) is 0 Å². The van der Waals surface area contributed by atoms with Crippen molar-refractivity contribution in [3.05, 3.63) is 35.4 Å². The quantitative estimate of drug-likeness (QED) is 0.796. The van der Waals surface area contributed by atoms with Crippen LogP contribution in [0.1, 0.15) is 37.7 Å². The molecule has 1 aromatic heterocycles. The maximum atomic E-state index is 4.59. The number of aryl methyl sites for hydroxylation is 3. The van der Waals surface area contributed by atoms with E-state index < -0.39 is 0 Å². The van der Waals surface area contributed by atoms with E-state index in [2.05, 4.69) is 67.9 Å². The first-order chi connectivity index (χ1) is 8.41. The fourth-order valence-electron chi connectivity index (χ4n) is 2.81. The van der Waals surface area contributed by atoms with Gasteiger partial charge in [0.25, 0.3) is 0 Å². The van der Waals surface area contributed by atoms with E-state index in [-0.39, 0.29) is 0 Å². The summed E-state index contributed by atoms with van der Waals surface area (Å²) in [6.45, 7) is 13.0.